The van der Waals surface area contributed by atoms with Crippen molar-refractivity contribution in [3.63, 3.8) is 0 Å². The van der Waals surface area contributed by atoms with E-state index < -0.39 is 23.4 Å². The van der Waals surface area contributed by atoms with Crippen molar-refractivity contribution in [2.24, 2.45) is 0 Å². The molecule has 0 radical (unpaired) electrons. The van der Waals surface area contributed by atoms with Gasteiger partial charge in [0, 0.05) is 0 Å². The molecular formula is C26H44N2O7. The quantitative estimate of drug-likeness (QED) is 0.416. The summed E-state index contributed by atoms with van der Waals surface area (Å²) in [6, 6.07) is 9.33. The minimum absolute atomic E-state index is 0.247. The maximum Gasteiger partial charge on any atom is 0.407 e. The van der Waals surface area contributed by atoms with E-state index in [2.05, 4.69) is 10.6 Å². The Bertz CT molecular complexity index is 744. The van der Waals surface area contributed by atoms with Crippen LogP contribution in [0.1, 0.15) is 61.0 Å². The van der Waals surface area contributed by atoms with Gasteiger partial charge in [-0.2, -0.15) is 0 Å². The van der Waals surface area contributed by atoms with Gasteiger partial charge in [0.05, 0.1) is 45.1 Å². The number of ether oxygens (including phenoxy) is 5. The van der Waals surface area contributed by atoms with Crippen LogP contribution in [0.4, 0.5) is 9.59 Å². The fourth-order valence-corrected chi connectivity index (χ4v) is 2.78. The number of carbonyl (C=O) groups is 2. The Labute approximate surface area is 210 Å². The lowest BCUT2D eigenvalue weighted by atomic mass is 10.2. The molecule has 1 aromatic carbocycles. The van der Waals surface area contributed by atoms with Crippen LogP contribution in [0.5, 0.6) is 0 Å². The monoisotopic (exact) mass is 496 g/mol. The number of rotatable bonds is 13. The Hall–Kier alpha value is -2.36. The van der Waals surface area contributed by atoms with E-state index in [9.17, 15) is 9.59 Å². The smallest absolute Gasteiger partial charge is 0.407 e. The van der Waals surface area contributed by atoms with Crippen molar-refractivity contribution in [1.29, 1.82) is 0 Å². The first-order chi connectivity index (χ1) is 16.2. The minimum atomic E-state index is -0.573. The second kappa shape index (κ2) is 14.9. The average Bonchev–Trinajstić information content (AvgIpc) is 2.69. The zero-order chi connectivity index (χ0) is 26.5. The second-order valence-electron chi connectivity index (χ2n) is 10.6. The Morgan fingerprint density at radius 2 is 1.23 bits per heavy atom. The predicted molar refractivity (Wildman–Crippen MR) is 134 cm³/mol. The molecule has 0 bridgehead atoms. The second-order valence-corrected chi connectivity index (χ2v) is 10.6. The largest absolute Gasteiger partial charge is 0.444 e. The molecule has 0 heterocycles. The van der Waals surface area contributed by atoms with Crippen molar-refractivity contribution in [2.45, 2.75) is 91.4 Å². The fourth-order valence-electron chi connectivity index (χ4n) is 2.78. The first-order valence-corrected chi connectivity index (χ1v) is 12.0. The van der Waals surface area contributed by atoms with Crippen LogP contribution in [0, 0.1) is 0 Å². The van der Waals surface area contributed by atoms with Crippen molar-refractivity contribution >= 4 is 12.2 Å². The Kier molecular flexibility index (Phi) is 13.1. The third-order valence-electron chi connectivity index (χ3n) is 4.20. The molecule has 2 amide bonds. The third-order valence-corrected chi connectivity index (χ3v) is 4.20. The zero-order valence-corrected chi connectivity index (χ0v) is 22.5. The Morgan fingerprint density at radius 1 is 0.743 bits per heavy atom. The number of nitrogens with one attached hydrogen (secondary N) is 2. The van der Waals surface area contributed by atoms with E-state index in [-0.39, 0.29) is 38.0 Å². The van der Waals surface area contributed by atoms with E-state index in [4.69, 9.17) is 23.7 Å². The molecule has 0 spiro atoms. The molecule has 3 unspecified atom stereocenters. The van der Waals surface area contributed by atoms with E-state index in [1.165, 1.54) is 0 Å². The molecular weight excluding hydrogens is 452 g/mol. The van der Waals surface area contributed by atoms with Gasteiger partial charge < -0.3 is 34.3 Å². The van der Waals surface area contributed by atoms with Gasteiger partial charge in [-0.05, 0) is 61.0 Å². The van der Waals surface area contributed by atoms with Gasteiger partial charge in [0.1, 0.15) is 17.3 Å². The van der Waals surface area contributed by atoms with Gasteiger partial charge >= 0.3 is 12.2 Å². The van der Waals surface area contributed by atoms with Crippen LogP contribution >= 0.6 is 0 Å². The standard InChI is InChI=1S/C26H44N2O7/c1-19(27-23(29)34-25(3,4)5)14-31-17-22(18-32-16-21-12-10-9-11-13-21)33-15-20(2)28-24(30)35-26(6,7)8/h9-13,19-20,22H,14-18H2,1-8H3,(H,27,29)(H,28,30). The molecule has 0 aliphatic carbocycles. The van der Waals surface area contributed by atoms with Crippen molar-refractivity contribution in [3.8, 4) is 0 Å². The van der Waals surface area contributed by atoms with Crippen LogP contribution in [-0.2, 0) is 30.3 Å². The van der Waals surface area contributed by atoms with E-state index in [1.807, 2.05) is 85.7 Å². The molecule has 200 valence electrons. The zero-order valence-electron chi connectivity index (χ0n) is 22.5. The molecule has 0 saturated heterocycles. The van der Waals surface area contributed by atoms with E-state index in [0.29, 0.717) is 13.2 Å². The van der Waals surface area contributed by atoms with Crippen LogP contribution in [-0.4, -0.2) is 68.0 Å². The molecule has 9 heteroatoms. The number of hydrogen-bond acceptors (Lipinski definition) is 7. The molecule has 0 aromatic heterocycles. The molecule has 35 heavy (non-hydrogen) atoms. The summed E-state index contributed by atoms with van der Waals surface area (Å²) in [4.78, 5) is 23.9. The van der Waals surface area contributed by atoms with Gasteiger partial charge in [0.15, 0.2) is 0 Å². The van der Waals surface area contributed by atoms with Gasteiger partial charge in [0.25, 0.3) is 0 Å². The summed E-state index contributed by atoms with van der Waals surface area (Å²) in [6.45, 7) is 16.1. The highest BCUT2D eigenvalue weighted by Gasteiger charge is 2.20. The van der Waals surface area contributed by atoms with Crippen LogP contribution in [0.3, 0.4) is 0 Å². The summed E-state index contributed by atoms with van der Waals surface area (Å²) in [7, 11) is 0. The van der Waals surface area contributed by atoms with E-state index >= 15 is 0 Å². The lowest BCUT2D eigenvalue weighted by Gasteiger charge is -2.24. The number of benzene rings is 1. The average molecular weight is 497 g/mol. The summed E-state index contributed by atoms with van der Waals surface area (Å²) >= 11 is 0. The molecule has 1 aromatic rings. The van der Waals surface area contributed by atoms with Crippen LogP contribution in [0.15, 0.2) is 30.3 Å². The first-order valence-electron chi connectivity index (χ1n) is 12.0. The van der Waals surface area contributed by atoms with Gasteiger partial charge in [-0.1, -0.05) is 30.3 Å². The van der Waals surface area contributed by atoms with Gasteiger partial charge in [0.2, 0.25) is 0 Å². The molecule has 9 nitrogen and oxygen atoms in total. The highest BCUT2D eigenvalue weighted by Crippen LogP contribution is 2.08. The molecule has 2 N–H and O–H groups in total. The molecule has 3 atom stereocenters. The van der Waals surface area contributed by atoms with Crippen LogP contribution in [0.2, 0.25) is 0 Å². The van der Waals surface area contributed by atoms with Crippen molar-refractivity contribution < 1.29 is 33.3 Å². The molecule has 0 fully saturated rings. The van der Waals surface area contributed by atoms with Crippen LogP contribution < -0.4 is 10.6 Å². The molecule has 0 saturated carbocycles. The van der Waals surface area contributed by atoms with Crippen LogP contribution in [0.25, 0.3) is 0 Å². The summed E-state index contributed by atoms with van der Waals surface area (Å²) < 4.78 is 28.1. The van der Waals surface area contributed by atoms with Crippen molar-refractivity contribution in [1.82, 2.24) is 10.6 Å². The van der Waals surface area contributed by atoms with Gasteiger partial charge in [-0.25, -0.2) is 9.59 Å². The summed E-state index contributed by atoms with van der Waals surface area (Å²) in [6.07, 6.45) is -1.35. The van der Waals surface area contributed by atoms with Crippen molar-refractivity contribution in [2.75, 3.05) is 26.4 Å². The fraction of sp³-hybridized carbons (Fsp3) is 0.692. The van der Waals surface area contributed by atoms with E-state index in [1.54, 1.807) is 0 Å². The summed E-state index contributed by atoms with van der Waals surface area (Å²) in [5, 5.41) is 5.50. The lowest BCUT2D eigenvalue weighted by molar-refractivity contribution is -0.0695. The van der Waals surface area contributed by atoms with Crippen molar-refractivity contribution in [3.05, 3.63) is 35.9 Å². The topological polar surface area (TPSA) is 104 Å². The molecule has 0 aliphatic rings. The molecule has 1 rings (SSSR count). The van der Waals surface area contributed by atoms with E-state index in [0.717, 1.165) is 5.56 Å². The number of amides is 2. The normalized spacial score (nSPS) is 14.5. The Balaban J connectivity index is 2.51. The maximum atomic E-state index is 12.0. The number of hydrogen-bond donors (Lipinski definition) is 2. The molecule has 0 aliphatic heterocycles. The minimum Gasteiger partial charge on any atom is -0.444 e. The SMILES string of the molecule is CC(COCC(COCc1ccccc1)OCC(C)NC(=O)OC(C)(C)C)NC(=O)OC(C)(C)C. The first kappa shape index (κ1) is 30.7. The third kappa shape index (κ3) is 16.8. The highest BCUT2D eigenvalue weighted by atomic mass is 16.6. The number of carbonyl (C=O) groups excluding carboxylic acids is 2. The predicted octanol–water partition coefficient (Wildman–Crippen LogP) is 4.43. The van der Waals surface area contributed by atoms with Gasteiger partial charge in [-0.15, -0.1) is 0 Å². The number of alkyl carbamates (subject to hydrolysis) is 2. The summed E-state index contributed by atoms with van der Waals surface area (Å²) in [5.74, 6) is 0. The highest BCUT2D eigenvalue weighted by molar-refractivity contribution is 5.68. The maximum absolute atomic E-state index is 12.0. The summed E-state index contributed by atoms with van der Waals surface area (Å²) in [5.41, 5.74) is -0.0811. The Morgan fingerprint density at radius 3 is 1.74 bits per heavy atom. The lowest BCUT2D eigenvalue weighted by Crippen LogP contribution is -2.42. The van der Waals surface area contributed by atoms with Gasteiger partial charge in [-0.3, -0.25) is 0 Å².